The second-order valence-corrected chi connectivity index (χ2v) is 12.8. The summed E-state index contributed by atoms with van der Waals surface area (Å²) >= 11 is 3.52. The van der Waals surface area contributed by atoms with E-state index in [4.69, 9.17) is 0 Å². The Morgan fingerprint density at radius 2 is 2.02 bits per heavy atom. The van der Waals surface area contributed by atoms with Crippen molar-refractivity contribution >= 4 is 49.0 Å². The van der Waals surface area contributed by atoms with Gasteiger partial charge in [-0.25, -0.2) is 8.42 Å². The zero-order chi connectivity index (χ0) is 29.0. The normalized spacial score (nSPS) is 19.0. The van der Waals surface area contributed by atoms with Crippen molar-refractivity contribution in [1.82, 2.24) is 10.3 Å². The summed E-state index contributed by atoms with van der Waals surface area (Å²) in [5.74, 6) is -1.05. The van der Waals surface area contributed by atoms with Crippen molar-refractivity contribution in [3.05, 3.63) is 74.8 Å². The molecule has 2 heterocycles. The molecule has 0 saturated carbocycles. The van der Waals surface area contributed by atoms with E-state index >= 15 is 0 Å². The Morgan fingerprint density at radius 1 is 1.25 bits per heavy atom. The number of pyridine rings is 1. The van der Waals surface area contributed by atoms with Crippen molar-refractivity contribution in [2.45, 2.75) is 58.8 Å². The van der Waals surface area contributed by atoms with Gasteiger partial charge in [0.1, 0.15) is 0 Å². The molecule has 4 rings (SSSR count). The predicted molar refractivity (Wildman–Crippen MR) is 158 cm³/mol. The third kappa shape index (κ3) is 6.29. The van der Waals surface area contributed by atoms with Gasteiger partial charge in [0.15, 0.2) is 5.78 Å². The smallest absolute Gasteiger partial charge is 0.257 e. The van der Waals surface area contributed by atoms with Crippen LogP contribution in [0.15, 0.2) is 63.7 Å². The number of sulfonamides is 1. The number of carbonyl (C=O) groups is 2. The first-order valence-electron chi connectivity index (χ1n) is 13.3. The standard InChI is InChI=1S/C29H32BrN5O4S/c1-4-7-18-11-23-27(25(36)12-18)26(21(15-31)17(3)33-23)20-13-22(30)28(24(14-20)35-40(38,39)10-5-2)34-29(37)19-8-6-9-32-16-19/h6,8-9,13-14,16,18,26,33,35H,4-5,7,10-12H2,1-3H3,(H,34,37). The van der Waals surface area contributed by atoms with Crippen molar-refractivity contribution in [2.24, 2.45) is 5.92 Å². The molecule has 1 aliphatic heterocycles. The van der Waals surface area contributed by atoms with Gasteiger partial charge in [-0.15, -0.1) is 0 Å². The minimum absolute atomic E-state index is 0.0179. The Bertz CT molecular complexity index is 1540. The molecule has 40 heavy (non-hydrogen) atoms. The third-order valence-electron chi connectivity index (χ3n) is 7.08. The summed E-state index contributed by atoms with van der Waals surface area (Å²) in [5, 5.41) is 16.2. The number of hydrogen-bond donors (Lipinski definition) is 3. The fraction of sp³-hybridized carbons (Fsp3) is 0.379. The molecular weight excluding hydrogens is 594 g/mol. The van der Waals surface area contributed by atoms with Gasteiger partial charge >= 0.3 is 0 Å². The number of nitriles is 1. The highest BCUT2D eigenvalue weighted by Crippen LogP contribution is 2.46. The van der Waals surface area contributed by atoms with Crippen molar-refractivity contribution in [1.29, 1.82) is 5.26 Å². The summed E-state index contributed by atoms with van der Waals surface area (Å²) in [6, 6.07) is 8.83. The van der Waals surface area contributed by atoms with Gasteiger partial charge in [-0.05, 0) is 77.9 Å². The lowest BCUT2D eigenvalue weighted by Crippen LogP contribution is -2.34. The number of Topliss-reactive ketones (excluding diaryl/α,β-unsaturated/α-hetero) is 1. The molecule has 2 aliphatic rings. The number of allylic oxidation sites excluding steroid dienone is 4. The van der Waals surface area contributed by atoms with Crippen LogP contribution in [0.2, 0.25) is 0 Å². The van der Waals surface area contributed by atoms with Gasteiger partial charge in [-0.3, -0.25) is 19.3 Å². The number of anilines is 2. The lowest BCUT2D eigenvalue weighted by atomic mass is 9.72. The number of amides is 1. The van der Waals surface area contributed by atoms with Gasteiger partial charge in [0, 0.05) is 40.3 Å². The maximum atomic E-state index is 13.5. The SMILES string of the molecule is CCCC1CC(=O)C2=C(C1)NC(C)=C(C#N)C2c1cc(Br)c(NC(=O)c2cccnc2)c(NS(=O)(=O)CCC)c1. The molecule has 0 fully saturated rings. The number of nitrogens with zero attached hydrogens (tertiary/aromatic N) is 2. The monoisotopic (exact) mass is 625 g/mol. The Labute approximate surface area is 243 Å². The van der Waals surface area contributed by atoms with Gasteiger partial charge < -0.3 is 10.6 Å². The lowest BCUT2D eigenvalue weighted by Gasteiger charge is -2.35. The van der Waals surface area contributed by atoms with Crippen LogP contribution in [0.3, 0.4) is 0 Å². The number of nitrogens with one attached hydrogen (secondary N) is 3. The Balaban J connectivity index is 1.85. The second-order valence-electron chi connectivity index (χ2n) is 10.1. The number of halogens is 1. The molecule has 1 aromatic heterocycles. The van der Waals surface area contributed by atoms with E-state index in [0.717, 1.165) is 18.5 Å². The summed E-state index contributed by atoms with van der Waals surface area (Å²) in [7, 11) is -3.75. The van der Waals surface area contributed by atoms with Gasteiger partial charge in [0.05, 0.1) is 40.3 Å². The van der Waals surface area contributed by atoms with Crippen LogP contribution in [0.5, 0.6) is 0 Å². The summed E-state index contributed by atoms with van der Waals surface area (Å²) in [6.07, 6.45) is 6.37. The molecule has 0 radical (unpaired) electrons. The number of ketones is 1. The van der Waals surface area contributed by atoms with Gasteiger partial charge in [0.25, 0.3) is 5.91 Å². The molecule has 0 saturated heterocycles. The van der Waals surface area contributed by atoms with Crippen LogP contribution >= 0.6 is 15.9 Å². The average molecular weight is 627 g/mol. The molecule has 9 nitrogen and oxygen atoms in total. The summed E-state index contributed by atoms with van der Waals surface area (Å²) < 4.78 is 28.8. The second kappa shape index (κ2) is 12.4. The van der Waals surface area contributed by atoms with Gasteiger partial charge in [-0.2, -0.15) is 5.26 Å². The molecule has 3 N–H and O–H groups in total. The van der Waals surface area contributed by atoms with Crippen LogP contribution in [-0.4, -0.2) is 30.8 Å². The number of aromatic nitrogens is 1. The molecule has 1 aliphatic carbocycles. The highest BCUT2D eigenvalue weighted by atomic mass is 79.9. The van der Waals surface area contributed by atoms with E-state index in [0.29, 0.717) is 51.7 Å². The van der Waals surface area contributed by atoms with E-state index in [1.54, 1.807) is 37.4 Å². The third-order valence-corrected chi connectivity index (χ3v) is 9.18. The van der Waals surface area contributed by atoms with E-state index in [2.05, 4.69) is 49.3 Å². The van der Waals surface area contributed by atoms with Crippen molar-refractivity contribution in [3.8, 4) is 6.07 Å². The van der Waals surface area contributed by atoms with Crippen LogP contribution in [0.4, 0.5) is 11.4 Å². The topological polar surface area (TPSA) is 141 Å². The van der Waals surface area contributed by atoms with Crippen molar-refractivity contribution in [3.63, 3.8) is 0 Å². The Morgan fingerprint density at radius 3 is 2.67 bits per heavy atom. The molecule has 0 bridgehead atoms. The minimum Gasteiger partial charge on any atom is -0.361 e. The van der Waals surface area contributed by atoms with Crippen LogP contribution < -0.4 is 15.4 Å². The molecular formula is C29H32BrN5O4S. The molecule has 210 valence electrons. The number of hydrogen-bond acceptors (Lipinski definition) is 7. The Kier molecular flexibility index (Phi) is 9.11. The summed E-state index contributed by atoms with van der Waals surface area (Å²) in [5.41, 5.74) is 3.62. The summed E-state index contributed by atoms with van der Waals surface area (Å²) in [4.78, 5) is 30.5. The molecule has 2 atom stereocenters. The zero-order valence-electron chi connectivity index (χ0n) is 22.7. The van der Waals surface area contributed by atoms with Gasteiger partial charge in [-0.1, -0.05) is 20.3 Å². The average Bonchev–Trinajstić information content (AvgIpc) is 2.90. The molecule has 2 unspecified atom stereocenters. The maximum Gasteiger partial charge on any atom is 0.257 e. The molecule has 11 heteroatoms. The first-order chi connectivity index (χ1) is 19.1. The minimum atomic E-state index is -3.75. The highest BCUT2D eigenvalue weighted by molar-refractivity contribution is 9.10. The van der Waals surface area contributed by atoms with E-state index in [-0.39, 0.29) is 28.8 Å². The fourth-order valence-corrected chi connectivity index (χ4v) is 7.10. The number of dihydropyridines is 1. The molecule has 1 aromatic carbocycles. The van der Waals surface area contributed by atoms with E-state index in [1.165, 1.54) is 6.20 Å². The van der Waals surface area contributed by atoms with E-state index in [1.807, 2.05) is 6.92 Å². The van der Waals surface area contributed by atoms with Crippen LogP contribution in [0, 0.1) is 17.2 Å². The number of benzene rings is 1. The van der Waals surface area contributed by atoms with Gasteiger partial charge in [0.2, 0.25) is 10.0 Å². The molecule has 0 spiro atoms. The lowest BCUT2D eigenvalue weighted by molar-refractivity contribution is -0.117. The first-order valence-corrected chi connectivity index (χ1v) is 15.7. The van der Waals surface area contributed by atoms with Crippen LogP contribution in [0.25, 0.3) is 0 Å². The summed E-state index contributed by atoms with van der Waals surface area (Å²) in [6.45, 7) is 5.66. The molecule has 2 aromatic rings. The van der Waals surface area contributed by atoms with Crippen molar-refractivity contribution in [2.75, 3.05) is 15.8 Å². The first kappa shape index (κ1) is 29.5. The highest BCUT2D eigenvalue weighted by Gasteiger charge is 2.39. The Hall–Kier alpha value is -3.49. The quantitative estimate of drug-likeness (QED) is 0.321. The molecule has 1 amide bonds. The largest absolute Gasteiger partial charge is 0.361 e. The van der Waals surface area contributed by atoms with Crippen molar-refractivity contribution < 1.29 is 18.0 Å². The fourth-order valence-electron chi connectivity index (χ4n) is 5.39. The maximum absolute atomic E-state index is 13.5. The van der Waals surface area contributed by atoms with Crippen LogP contribution in [-0.2, 0) is 14.8 Å². The van der Waals surface area contributed by atoms with Crippen LogP contribution in [0.1, 0.15) is 74.7 Å². The predicted octanol–water partition coefficient (Wildman–Crippen LogP) is 5.77. The van der Waals surface area contributed by atoms with E-state index < -0.39 is 21.8 Å². The number of rotatable bonds is 9. The van der Waals surface area contributed by atoms with E-state index in [9.17, 15) is 23.3 Å². The zero-order valence-corrected chi connectivity index (χ0v) is 25.1. The number of carbonyl (C=O) groups excluding carboxylic acids is 2.